The van der Waals surface area contributed by atoms with Gasteiger partial charge in [-0.2, -0.15) is 0 Å². The Morgan fingerprint density at radius 2 is 2.06 bits per heavy atom. The minimum Gasteiger partial charge on any atom is -0.396 e. The van der Waals surface area contributed by atoms with Crippen molar-refractivity contribution in [2.24, 2.45) is 0 Å². The van der Waals surface area contributed by atoms with Crippen LogP contribution in [-0.2, 0) is 0 Å². The summed E-state index contributed by atoms with van der Waals surface area (Å²) in [5.74, 6) is -0.0420. The first kappa shape index (κ1) is 14.2. The maximum Gasteiger partial charge on any atom is 0.265 e. The molecule has 1 amide bonds. The van der Waals surface area contributed by atoms with Gasteiger partial charge >= 0.3 is 0 Å². The van der Waals surface area contributed by atoms with Gasteiger partial charge in [0.05, 0.1) is 10.6 Å². The number of rotatable bonds is 4. The minimum absolute atomic E-state index is 0.0420. The van der Waals surface area contributed by atoms with Crippen molar-refractivity contribution in [3.63, 3.8) is 0 Å². The zero-order valence-corrected chi connectivity index (χ0v) is 12.5. The molecule has 0 bridgehead atoms. The number of nitrogen functional groups attached to an aromatic ring is 1. The topological polar surface area (TPSA) is 58.4 Å². The van der Waals surface area contributed by atoms with Gasteiger partial charge in [0.1, 0.15) is 9.88 Å². The number of thioether (sulfide) groups is 1. The second-order valence-corrected chi connectivity index (χ2v) is 6.04. The largest absolute Gasteiger partial charge is 0.396 e. The first-order valence-corrected chi connectivity index (χ1v) is 7.37. The Morgan fingerprint density at radius 1 is 1.47 bits per heavy atom. The van der Waals surface area contributed by atoms with Crippen LogP contribution in [0.1, 0.15) is 23.5 Å². The highest BCUT2D eigenvalue weighted by molar-refractivity contribution is 7.99. The van der Waals surface area contributed by atoms with Gasteiger partial charge in [-0.1, -0.05) is 0 Å². The Balaban J connectivity index is 3.17. The quantitative estimate of drug-likeness (QED) is 0.828. The lowest BCUT2D eigenvalue weighted by Crippen LogP contribution is -2.21. The zero-order chi connectivity index (χ0) is 13.2. The minimum atomic E-state index is -0.0420. The number of hydrogen-bond donors (Lipinski definition) is 2. The van der Waals surface area contributed by atoms with Crippen LogP contribution in [0.4, 0.5) is 10.7 Å². The summed E-state index contributed by atoms with van der Waals surface area (Å²) in [4.78, 5) is 15.1. The molecular weight excluding hydrogens is 254 g/mol. The summed E-state index contributed by atoms with van der Waals surface area (Å²) in [5, 5.41) is 4.31. The monoisotopic (exact) mass is 273 g/mol. The Kier molecular flexibility index (Phi) is 4.70. The van der Waals surface area contributed by atoms with Crippen molar-refractivity contribution in [3.8, 4) is 0 Å². The number of hydrogen-bond acceptors (Lipinski definition) is 5. The van der Waals surface area contributed by atoms with Crippen LogP contribution >= 0.6 is 23.1 Å². The van der Waals surface area contributed by atoms with E-state index >= 15 is 0 Å². The average Bonchev–Trinajstić information content (AvgIpc) is 2.52. The number of nitrogens with one attached hydrogen (secondary N) is 1. The summed E-state index contributed by atoms with van der Waals surface area (Å²) < 4.78 is 0. The Labute approximate surface area is 111 Å². The zero-order valence-electron chi connectivity index (χ0n) is 10.8. The maximum atomic E-state index is 12.0. The highest BCUT2D eigenvalue weighted by Gasteiger charge is 2.21. The fourth-order valence-corrected chi connectivity index (χ4v) is 3.54. The number of amides is 1. The molecule has 0 unspecified atom stereocenters. The summed E-state index contributed by atoms with van der Waals surface area (Å²) in [7, 11) is 3.46. The van der Waals surface area contributed by atoms with Gasteiger partial charge in [0, 0.05) is 20.1 Å². The van der Waals surface area contributed by atoms with Crippen molar-refractivity contribution in [3.05, 3.63) is 4.88 Å². The lowest BCUT2D eigenvalue weighted by Gasteiger charge is -2.08. The second kappa shape index (κ2) is 5.64. The van der Waals surface area contributed by atoms with E-state index in [0.29, 0.717) is 16.6 Å². The molecule has 0 aliphatic carbocycles. The fraction of sp³-hybridized carbons (Fsp3) is 0.545. The van der Waals surface area contributed by atoms with Gasteiger partial charge in [-0.05, 0) is 20.1 Å². The Morgan fingerprint density at radius 3 is 2.47 bits per heavy atom. The van der Waals surface area contributed by atoms with Crippen LogP contribution in [0, 0.1) is 0 Å². The van der Waals surface area contributed by atoms with E-state index in [1.807, 2.05) is 6.26 Å². The highest BCUT2D eigenvalue weighted by atomic mass is 32.2. The van der Waals surface area contributed by atoms with Crippen LogP contribution in [0.5, 0.6) is 0 Å². The summed E-state index contributed by atoms with van der Waals surface area (Å²) in [6.07, 6.45) is 1.97. The van der Waals surface area contributed by atoms with Gasteiger partial charge in [-0.3, -0.25) is 4.79 Å². The molecule has 96 valence electrons. The molecule has 0 aliphatic heterocycles. The lowest BCUT2D eigenvalue weighted by atomic mass is 10.3. The van der Waals surface area contributed by atoms with E-state index in [1.165, 1.54) is 11.3 Å². The molecule has 0 saturated heterocycles. The van der Waals surface area contributed by atoms with Crippen LogP contribution < -0.4 is 11.1 Å². The molecule has 17 heavy (non-hydrogen) atoms. The molecule has 6 heteroatoms. The molecule has 0 aliphatic rings. The number of thiophene rings is 1. The predicted molar refractivity (Wildman–Crippen MR) is 77.3 cm³/mol. The molecule has 0 radical (unpaired) electrons. The van der Waals surface area contributed by atoms with Crippen molar-refractivity contribution in [2.45, 2.75) is 24.8 Å². The van der Waals surface area contributed by atoms with Gasteiger partial charge in [-0.15, -0.1) is 23.1 Å². The standard InChI is InChI=1S/C11H19N3OS2/c1-6(2)13-10-8(16-5)7(12)9(17-10)11(15)14(3)4/h6,13H,12H2,1-5H3. The normalized spacial score (nSPS) is 10.7. The van der Waals surface area contributed by atoms with E-state index in [1.54, 1.807) is 30.8 Å². The van der Waals surface area contributed by atoms with Gasteiger partial charge in [-0.25, -0.2) is 0 Å². The fourth-order valence-electron chi connectivity index (χ4n) is 1.35. The van der Waals surface area contributed by atoms with E-state index in [0.717, 1.165) is 9.90 Å². The van der Waals surface area contributed by atoms with E-state index in [4.69, 9.17) is 5.73 Å². The number of anilines is 2. The van der Waals surface area contributed by atoms with Crippen LogP contribution in [0.3, 0.4) is 0 Å². The summed E-state index contributed by atoms with van der Waals surface area (Å²) >= 11 is 2.99. The Hall–Kier alpha value is -0.880. The van der Waals surface area contributed by atoms with Gasteiger partial charge < -0.3 is 16.0 Å². The molecular formula is C11H19N3OS2. The molecule has 3 N–H and O–H groups in total. The molecule has 1 rings (SSSR count). The van der Waals surface area contributed by atoms with Crippen LogP contribution in [0.15, 0.2) is 4.90 Å². The van der Waals surface area contributed by atoms with Crippen molar-refractivity contribution < 1.29 is 4.79 Å². The molecule has 1 heterocycles. The molecule has 1 aromatic heterocycles. The first-order valence-electron chi connectivity index (χ1n) is 5.32. The molecule has 1 aromatic rings. The van der Waals surface area contributed by atoms with E-state index < -0.39 is 0 Å². The average molecular weight is 273 g/mol. The summed E-state index contributed by atoms with van der Waals surface area (Å²) in [6, 6.07) is 0.321. The van der Waals surface area contributed by atoms with Gasteiger partial charge in [0.2, 0.25) is 0 Å². The van der Waals surface area contributed by atoms with E-state index in [2.05, 4.69) is 19.2 Å². The predicted octanol–water partition coefficient (Wildman–Crippen LogP) is 2.57. The smallest absolute Gasteiger partial charge is 0.265 e. The molecule has 4 nitrogen and oxygen atoms in total. The highest BCUT2D eigenvalue weighted by Crippen LogP contribution is 2.42. The molecule has 0 saturated carbocycles. The van der Waals surface area contributed by atoms with Crippen LogP contribution in [0.25, 0.3) is 0 Å². The number of nitrogens with two attached hydrogens (primary N) is 1. The number of carbonyl (C=O) groups is 1. The third kappa shape index (κ3) is 3.07. The maximum absolute atomic E-state index is 12.0. The summed E-state index contributed by atoms with van der Waals surface area (Å²) in [5.41, 5.74) is 6.62. The van der Waals surface area contributed by atoms with E-state index in [-0.39, 0.29) is 5.91 Å². The second-order valence-electron chi connectivity index (χ2n) is 4.21. The SMILES string of the molecule is CSc1c(NC(C)C)sc(C(=O)N(C)C)c1N. The molecule has 0 fully saturated rings. The molecule has 0 aromatic carbocycles. The van der Waals surface area contributed by atoms with Gasteiger partial charge in [0.15, 0.2) is 0 Å². The van der Waals surface area contributed by atoms with Crippen LogP contribution in [-0.4, -0.2) is 37.2 Å². The third-order valence-electron chi connectivity index (χ3n) is 2.12. The van der Waals surface area contributed by atoms with E-state index in [9.17, 15) is 4.79 Å². The van der Waals surface area contributed by atoms with Crippen molar-refractivity contribution in [2.75, 3.05) is 31.4 Å². The van der Waals surface area contributed by atoms with Crippen molar-refractivity contribution in [1.29, 1.82) is 0 Å². The lowest BCUT2D eigenvalue weighted by molar-refractivity contribution is 0.0833. The van der Waals surface area contributed by atoms with Crippen LogP contribution in [0.2, 0.25) is 0 Å². The Bertz CT molecular complexity index is 413. The number of nitrogens with zero attached hydrogens (tertiary/aromatic N) is 1. The van der Waals surface area contributed by atoms with Crippen molar-refractivity contribution in [1.82, 2.24) is 4.90 Å². The third-order valence-corrected chi connectivity index (χ3v) is 4.21. The van der Waals surface area contributed by atoms with Gasteiger partial charge in [0.25, 0.3) is 5.91 Å². The summed E-state index contributed by atoms with van der Waals surface area (Å²) in [6.45, 7) is 4.13. The first-order chi connectivity index (χ1) is 7.88. The molecule has 0 atom stereocenters. The van der Waals surface area contributed by atoms with Crippen molar-refractivity contribution >= 4 is 39.7 Å². The molecule has 0 spiro atoms. The number of carbonyl (C=O) groups excluding carboxylic acids is 1.